The van der Waals surface area contributed by atoms with Crippen molar-refractivity contribution in [3.8, 4) is 0 Å². The molecule has 1 aromatic heterocycles. The Hall–Kier alpha value is -0.660. The Labute approximate surface area is 139 Å². The molecule has 0 saturated heterocycles. The number of unbranched alkanes of at least 4 members (excludes halogenated alkanes) is 2. The number of pyridine rings is 1. The summed E-state index contributed by atoms with van der Waals surface area (Å²) < 4.78 is 0. The van der Waals surface area contributed by atoms with Gasteiger partial charge in [-0.3, -0.25) is 9.59 Å². The summed E-state index contributed by atoms with van der Waals surface area (Å²) in [5, 5.41) is 3.40. The summed E-state index contributed by atoms with van der Waals surface area (Å²) in [7, 11) is 2.38. The number of hydrogen-bond acceptors (Lipinski definition) is 6. The maximum Gasteiger partial charge on any atom is 0.222 e. The molecule has 1 amide bonds. The van der Waals surface area contributed by atoms with Gasteiger partial charge in [-0.2, -0.15) is 12.6 Å². The molecule has 21 heavy (non-hydrogen) atoms. The van der Waals surface area contributed by atoms with Gasteiger partial charge in [-0.05, 0) is 40.1 Å². The van der Waals surface area contributed by atoms with E-state index >= 15 is 0 Å². The summed E-state index contributed by atoms with van der Waals surface area (Å²) in [5.41, 5.74) is 0. The van der Waals surface area contributed by atoms with E-state index in [1.165, 1.54) is 10.8 Å². The van der Waals surface area contributed by atoms with Gasteiger partial charge in [0, 0.05) is 18.4 Å². The quantitative estimate of drug-likeness (QED) is 0.409. The van der Waals surface area contributed by atoms with E-state index in [0.717, 1.165) is 35.1 Å². The lowest BCUT2D eigenvalue weighted by atomic mass is 10.2. The SMILES string of the molecule is CCCCCC(=O)N[C@@H](CS)C(=O)SSc1ccccn1. The van der Waals surface area contributed by atoms with Crippen LogP contribution in [0.3, 0.4) is 0 Å². The summed E-state index contributed by atoms with van der Waals surface area (Å²) in [5.74, 6) is 0.216. The van der Waals surface area contributed by atoms with E-state index in [1.807, 2.05) is 18.2 Å². The van der Waals surface area contributed by atoms with Gasteiger partial charge in [0.05, 0.1) is 0 Å². The van der Waals surface area contributed by atoms with Crippen LogP contribution in [0.2, 0.25) is 0 Å². The highest BCUT2D eigenvalue weighted by atomic mass is 33.1. The average molecular weight is 345 g/mol. The lowest BCUT2D eigenvalue weighted by Gasteiger charge is -2.14. The Kier molecular flexibility index (Phi) is 9.62. The van der Waals surface area contributed by atoms with E-state index in [-0.39, 0.29) is 11.0 Å². The minimum atomic E-state index is -0.552. The van der Waals surface area contributed by atoms with E-state index in [0.29, 0.717) is 12.2 Å². The minimum Gasteiger partial charge on any atom is -0.344 e. The number of nitrogens with one attached hydrogen (secondary N) is 1. The first kappa shape index (κ1) is 18.4. The summed E-state index contributed by atoms with van der Waals surface area (Å²) in [6, 6.07) is 4.98. The van der Waals surface area contributed by atoms with Crippen LogP contribution < -0.4 is 5.32 Å². The van der Waals surface area contributed by atoms with Crippen molar-refractivity contribution in [2.24, 2.45) is 0 Å². The predicted octanol–water partition coefficient (Wildman–Crippen LogP) is 3.34. The molecule has 0 aliphatic carbocycles. The van der Waals surface area contributed by atoms with Crippen LogP contribution in [0.15, 0.2) is 29.4 Å². The Morgan fingerprint density at radius 3 is 2.81 bits per heavy atom. The highest BCUT2D eigenvalue weighted by molar-refractivity contribution is 8.82. The number of carbonyl (C=O) groups is 2. The molecule has 1 rings (SSSR count). The fraction of sp³-hybridized carbons (Fsp3) is 0.500. The number of nitrogens with zero attached hydrogens (tertiary/aromatic N) is 1. The van der Waals surface area contributed by atoms with Crippen molar-refractivity contribution in [3.05, 3.63) is 24.4 Å². The van der Waals surface area contributed by atoms with Crippen molar-refractivity contribution in [2.45, 2.75) is 43.7 Å². The van der Waals surface area contributed by atoms with Crippen molar-refractivity contribution in [3.63, 3.8) is 0 Å². The zero-order valence-electron chi connectivity index (χ0n) is 11.9. The van der Waals surface area contributed by atoms with E-state index in [1.54, 1.807) is 6.20 Å². The first-order chi connectivity index (χ1) is 10.2. The average Bonchev–Trinajstić information content (AvgIpc) is 2.51. The maximum atomic E-state index is 12.1. The normalized spacial score (nSPS) is 11.9. The van der Waals surface area contributed by atoms with Crippen LogP contribution in [-0.2, 0) is 9.59 Å². The lowest BCUT2D eigenvalue weighted by Crippen LogP contribution is -2.40. The Morgan fingerprint density at radius 1 is 1.38 bits per heavy atom. The molecule has 1 N–H and O–H groups in total. The van der Waals surface area contributed by atoms with Gasteiger partial charge in [-0.1, -0.05) is 25.8 Å². The molecule has 116 valence electrons. The first-order valence-corrected chi connectivity index (χ1v) is 9.65. The van der Waals surface area contributed by atoms with Gasteiger partial charge < -0.3 is 5.32 Å². The van der Waals surface area contributed by atoms with E-state index in [4.69, 9.17) is 0 Å². The van der Waals surface area contributed by atoms with Gasteiger partial charge in [0.2, 0.25) is 11.0 Å². The summed E-state index contributed by atoms with van der Waals surface area (Å²) in [6.45, 7) is 2.09. The molecule has 0 unspecified atom stereocenters. The second-order valence-corrected chi connectivity index (χ2v) is 6.93. The van der Waals surface area contributed by atoms with Gasteiger partial charge in [0.25, 0.3) is 0 Å². The third-order valence-corrected chi connectivity index (χ3v) is 5.22. The lowest BCUT2D eigenvalue weighted by molar-refractivity contribution is -0.124. The molecule has 7 heteroatoms. The largest absolute Gasteiger partial charge is 0.344 e. The van der Waals surface area contributed by atoms with Crippen molar-refractivity contribution < 1.29 is 9.59 Å². The molecular formula is C14H20N2O2S3. The second-order valence-electron chi connectivity index (χ2n) is 4.41. The van der Waals surface area contributed by atoms with Gasteiger partial charge in [-0.15, -0.1) is 0 Å². The molecule has 0 spiro atoms. The molecule has 0 saturated carbocycles. The van der Waals surface area contributed by atoms with Crippen molar-refractivity contribution in [1.82, 2.24) is 10.3 Å². The Balaban J connectivity index is 2.36. The van der Waals surface area contributed by atoms with Crippen LogP contribution in [0.25, 0.3) is 0 Å². The molecule has 0 radical (unpaired) electrons. The van der Waals surface area contributed by atoms with E-state index < -0.39 is 6.04 Å². The third kappa shape index (κ3) is 7.78. The van der Waals surface area contributed by atoms with Crippen LogP contribution in [0.5, 0.6) is 0 Å². The molecule has 0 aromatic carbocycles. The molecule has 4 nitrogen and oxygen atoms in total. The monoisotopic (exact) mass is 344 g/mol. The van der Waals surface area contributed by atoms with Gasteiger partial charge >= 0.3 is 0 Å². The smallest absolute Gasteiger partial charge is 0.222 e. The number of aromatic nitrogens is 1. The van der Waals surface area contributed by atoms with E-state index in [2.05, 4.69) is 29.9 Å². The highest BCUT2D eigenvalue weighted by Gasteiger charge is 2.20. The second kappa shape index (κ2) is 11.0. The summed E-state index contributed by atoms with van der Waals surface area (Å²) >= 11 is 4.15. The number of rotatable bonds is 9. The zero-order chi connectivity index (χ0) is 15.5. The highest BCUT2D eigenvalue weighted by Crippen LogP contribution is 2.30. The molecule has 1 atom stereocenters. The van der Waals surface area contributed by atoms with Gasteiger partial charge in [-0.25, -0.2) is 4.98 Å². The number of thiol groups is 1. The predicted molar refractivity (Wildman–Crippen MR) is 92.6 cm³/mol. The number of hydrogen-bond donors (Lipinski definition) is 2. The van der Waals surface area contributed by atoms with Crippen LogP contribution >= 0.6 is 34.2 Å². The zero-order valence-corrected chi connectivity index (χ0v) is 14.5. The van der Waals surface area contributed by atoms with Crippen LogP contribution in [0.4, 0.5) is 0 Å². The van der Waals surface area contributed by atoms with Gasteiger partial charge in [0.1, 0.15) is 11.1 Å². The summed E-state index contributed by atoms with van der Waals surface area (Å²) in [4.78, 5) is 27.9. The van der Waals surface area contributed by atoms with Crippen LogP contribution in [-0.4, -0.2) is 27.8 Å². The fourth-order valence-corrected chi connectivity index (χ4v) is 3.71. The molecular weight excluding hydrogens is 324 g/mol. The maximum absolute atomic E-state index is 12.1. The topological polar surface area (TPSA) is 59.1 Å². The van der Waals surface area contributed by atoms with Crippen LogP contribution in [0.1, 0.15) is 32.6 Å². The number of carbonyl (C=O) groups excluding carboxylic acids is 2. The minimum absolute atomic E-state index is 0.0840. The molecule has 0 fully saturated rings. The van der Waals surface area contributed by atoms with Crippen LogP contribution in [0, 0.1) is 0 Å². The van der Waals surface area contributed by atoms with Gasteiger partial charge in [0.15, 0.2) is 0 Å². The number of amides is 1. The Bertz CT molecular complexity index is 443. The Morgan fingerprint density at radius 2 is 2.19 bits per heavy atom. The molecule has 1 aromatic rings. The standard InChI is InChI=1S/C14H20N2O2S3/c1-2-3-4-7-12(17)16-11(10-19)14(18)21-20-13-8-5-6-9-15-13/h5-6,8-9,11,19H,2-4,7,10H2,1H3,(H,16,17)/t11-/m0/s1. The molecule has 1 heterocycles. The fourth-order valence-electron chi connectivity index (χ4n) is 1.52. The van der Waals surface area contributed by atoms with Crippen molar-refractivity contribution in [1.29, 1.82) is 0 Å². The molecule has 0 aliphatic rings. The van der Waals surface area contributed by atoms with Crippen molar-refractivity contribution >= 4 is 45.2 Å². The molecule has 0 aliphatic heterocycles. The third-order valence-electron chi connectivity index (χ3n) is 2.66. The molecule has 0 bridgehead atoms. The van der Waals surface area contributed by atoms with Crippen molar-refractivity contribution in [2.75, 3.05) is 5.75 Å². The van der Waals surface area contributed by atoms with E-state index in [9.17, 15) is 9.59 Å². The summed E-state index contributed by atoms with van der Waals surface area (Å²) in [6.07, 6.45) is 5.09. The first-order valence-electron chi connectivity index (χ1n) is 6.87.